The molecular weight excluding hydrogens is 539 g/mol. The molecule has 0 saturated carbocycles. The fourth-order valence-electron chi connectivity index (χ4n) is 4.34. The van der Waals surface area contributed by atoms with Gasteiger partial charge in [0, 0.05) is 5.02 Å². The van der Waals surface area contributed by atoms with Crippen molar-refractivity contribution in [1.29, 1.82) is 0 Å². The number of ether oxygens (including phenoxy) is 2. The molecule has 198 valence electrons. The van der Waals surface area contributed by atoms with Crippen molar-refractivity contribution >= 4 is 35.0 Å². The van der Waals surface area contributed by atoms with Crippen molar-refractivity contribution in [1.82, 2.24) is 4.57 Å². The molecule has 0 aliphatic carbocycles. The smallest absolute Gasteiger partial charge is 0.338 e. The summed E-state index contributed by atoms with van der Waals surface area (Å²) in [6.45, 7) is 3.97. The number of carbonyl (C=O) groups is 1. The molecule has 4 aromatic rings. The first-order chi connectivity index (χ1) is 18.8. The van der Waals surface area contributed by atoms with E-state index in [-0.39, 0.29) is 17.7 Å². The van der Waals surface area contributed by atoms with Crippen LogP contribution in [0.5, 0.6) is 5.75 Å². The Labute approximate surface area is 232 Å². The van der Waals surface area contributed by atoms with Gasteiger partial charge >= 0.3 is 5.97 Å². The van der Waals surface area contributed by atoms with Crippen molar-refractivity contribution < 1.29 is 18.7 Å². The summed E-state index contributed by atoms with van der Waals surface area (Å²) in [7, 11) is 0. The molecule has 1 atom stereocenters. The van der Waals surface area contributed by atoms with E-state index in [0.717, 1.165) is 11.1 Å². The lowest BCUT2D eigenvalue weighted by Crippen LogP contribution is -2.39. The van der Waals surface area contributed by atoms with Gasteiger partial charge in [0.25, 0.3) is 5.56 Å². The van der Waals surface area contributed by atoms with Gasteiger partial charge in [0.05, 0.1) is 28.5 Å². The minimum absolute atomic E-state index is 0.173. The molecule has 39 heavy (non-hydrogen) atoms. The number of hydrogen-bond donors (Lipinski definition) is 0. The van der Waals surface area contributed by atoms with Gasteiger partial charge in [-0.2, -0.15) is 0 Å². The quantitative estimate of drug-likeness (QED) is 0.291. The fourth-order valence-corrected chi connectivity index (χ4v) is 5.52. The van der Waals surface area contributed by atoms with Crippen molar-refractivity contribution in [2.24, 2.45) is 4.99 Å². The summed E-state index contributed by atoms with van der Waals surface area (Å²) in [6, 6.07) is 19.8. The summed E-state index contributed by atoms with van der Waals surface area (Å²) in [4.78, 5) is 31.7. The predicted molar refractivity (Wildman–Crippen MR) is 149 cm³/mol. The van der Waals surface area contributed by atoms with Crippen LogP contribution in [0.25, 0.3) is 6.08 Å². The second kappa shape index (κ2) is 11.4. The number of carbonyl (C=O) groups excluding carboxylic acids is 1. The first-order valence-corrected chi connectivity index (χ1v) is 13.5. The Balaban J connectivity index is 1.53. The van der Waals surface area contributed by atoms with Crippen molar-refractivity contribution in [2.45, 2.75) is 26.5 Å². The van der Waals surface area contributed by atoms with Crippen LogP contribution >= 0.6 is 22.9 Å². The number of esters is 1. The number of halogens is 2. The van der Waals surface area contributed by atoms with E-state index >= 15 is 0 Å². The number of hydrogen-bond acceptors (Lipinski definition) is 6. The molecular formula is C30H24ClFN2O4S. The number of thiazole rings is 1. The van der Waals surface area contributed by atoms with Gasteiger partial charge in [-0.3, -0.25) is 9.36 Å². The molecule has 0 radical (unpaired) electrons. The summed E-state index contributed by atoms with van der Waals surface area (Å²) < 4.78 is 26.9. The summed E-state index contributed by atoms with van der Waals surface area (Å²) in [5, 5.41) is 0.661. The van der Waals surface area contributed by atoms with Crippen molar-refractivity contribution in [3.05, 3.63) is 131 Å². The lowest BCUT2D eigenvalue weighted by molar-refractivity contribution is -0.139. The zero-order chi connectivity index (χ0) is 27.5. The number of aromatic nitrogens is 1. The topological polar surface area (TPSA) is 69.9 Å². The average molecular weight is 563 g/mol. The van der Waals surface area contributed by atoms with Crippen LogP contribution in [0.4, 0.5) is 4.39 Å². The maximum absolute atomic E-state index is 13.7. The Morgan fingerprint density at radius 3 is 2.59 bits per heavy atom. The van der Waals surface area contributed by atoms with Gasteiger partial charge in [0.2, 0.25) is 0 Å². The standard InChI is InChI=1S/C30H24ClFN2O4S/c1-3-37-29(36)26-18(2)33-30-34(27(26)21-9-13-23(32)14-10-21)28(35)25(39-30)16-20-5-4-6-24(15-20)38-17-19-7-11-22(31)12-8-19/h4-16,27H,3,17H2,1-2H3/b25-16+/t27-/m0/s1. The molecule has 9 heteroatoms. The first kappa shape index (κ1) is 26.6. The second-order valence-corrected chi connectivity index (χ2v) is 10.3. The Morgan fingerprint density at radius 2 is 1.87 bits per heavy atom. The van der Waals surface area contributed by atoms with Crippen molar-refractivity contribution in [2.75, 3.05) is 6.61 Å². The lowest BCUT2D eigenvalue weighted by Gasteiger charge is -2.24. The van der Waals surface area contributed by atoms with Crippen LogP contribution in [-0.4, -0.2) is 17.1 Å². The normalized spacial score (nSPS) is 15.1. The third-order valence-corrected chi connectivity index (χ3v) is 7.41. The molecule has 1 aliphatic rings. The number of rotatable bonds is 7. The lowest BCUT2D eigenvalue weighted by atomic mass is 9.96. The summed E-state index contributed by atoms with van der Waals surface area (Å²) >= 11 is 7.18. The van der Waals surface area contributed by atoms with Crippen molar-refractivity contribution in [3.63, 3.8) is 0 Å². The van der Waals surface area contributed by atoms with Crippen LogP contribution in [0, 0.1) is 5.82 Å². The van der Waals surface area contributed by atoms with Gasteiger partial charge in [-0.15, -0.1) is 0 Å². The van der Waals surface area contributed by atoms with Crippen LogP contribution in [-0.2, 0) is 16.1 Å². The molecule has 0 saturated heterocycles. The van der Waals surface area contributed by atoms with E-state index in [2.05, 4.69) is 4.99 Å². The molecule has 5 rings (SSSR count). The highest BCUT2D eigenvalue weighted by Gasteiger charge is 2.33. The molecule has 1 aliphatic heterocycles. The SMILES string of the molecule is CCOC(=O)C1=C(C)N=c2s/c(=C/c3cccc(OCc4ccc(Cl)cc4)c3)c(=O)n2[C@H]1c1ccc(F)cc1. The highest BCUT2D eigenvalue weighted by atomic mass is 35.5. The van der Waals surface area contributed by atoms with Gasteiger partial charge in [0.1, 0.15) is 18.2 Å². The molecule has 1 aromatic heterocycles. The average Bonchev–Trinajstić information content (AvgIpc) is 3.22. The zero-order valence-corrected chi connectivity index (χ0v) is 22.8. The van der Waals surface area contributed by atoms with E-state index in [0.29, 0.717) is 38.0 Å². The minimum atomic E-state index is -0.794. The molecule has 6 nitrogen and oxygen atoms in total. The van der Waals surface area contributed by atoms with Crippen LogP contribution in [0.2, 0.25) is 5.02 Å². The molecule has 2 heterocycles. The van der Waals surface area contributed by atoms with Gasteiger partial charge in [0.15, 0.2) is 4.80 Å². The van der Waals surface area contributed by atoms with E-state index in [1.54, 1.807) is 32.1 Å². The van der Waals surface area contributed by atoms with Crippen LogP contribution in [0.1, 0.15) is 36.6 Å². The number of fused-ring (bicyclic) bond motifs is 1. The summed E-state index contributed by atoms with van der Waals surface area (Å²) in [6.07, 6.45) is 1.77. The monoisotopic (exact) mass is 562 g/mol. The van der Waals surface area contributed by atoms with Gasteiger partial charge in [-0.25, -0.2) is 14.2 Å². The fraction of sp³-hybridized carbons (Fsp3) is 0.167. The molecule has 0 spiro atoms. The van der Waals surface area contributed by atoms with Crippen LogP contribution < -0.4 is 19.6 Å². The molecule has 0 fully saturated rings. The first-order valence-electron chi connectivity index (χ1n) is 12.3. The maximum Gasteiger partial charge on any atom is 0.338 e. The number of benzene rings is 3. The van der Waals surface area contributed by atoms with E-state index in [9.17, 15) is 14.0 Å². The van der Waals surface area contributed by atoms with E-state index in [4.69, 9.17) is 21.1 Å². The van der Waals surface area contributed by atoms with Crippen molar-refractivity contribution in [3.8, 4) is 5.75 Å². The molecule has 3 aromatic carbocycles. The maximum atomic E-state index is 13.7. The van der Waals surface area contributed by atoms with E-state index in [1.807, 2.05) is 48.5 Å². The Hall–Kier alpha value is -4.01. The summed E-state index contributed by atoms with van der Waals surface area (Å²) in [5.41, 5.74) is 2.72. The largest absolute Gasteiger partial charge is 0.489 e. The second-order valence-electron chi connectivity index (χ2n) is 8.84. The molecule has 0 unspecified atom stereocenters. The van der Waals surface area contributed by atoms with E-state index in [1.165, 1.54) is 28.0 Å². The predicted octanol–water partition coefficient (Wildman–Crippen LogP) is 5.17. The summed E-state index contributed by atoms with van der Waals surface area (Å²) in [5.74, 6) is -0.327. The van der Waals surface area contributed by atoms with Crippen LogP contribution in [0.15, 0.2) is 93.9 Å². The number of allylic oxidation sites excluding steroid dienone is 1. The zero-order valence-electron chi connectivity index (χ0n) is 21.2. The third-order valence-electron chi connectivity index (χ3n) is 6.18. The molecule has 0 bridgehead atoms. The Bertz CT molecular complexity index is 1740. The highest BCUT2D eigenvalue weighted by Crippen LogP contribution is 2.30. The minimum Gasteiger partial charge on any atom is -0.489 e. The number of nitrogens with zero attached hydrogens (tertiary/aromatic N) is 2. The highest BCUT2D eigenvalue weighted by molar-refractivity contribution is 7.07. The molecule has 0 amide bonds. The van der Waals surface area contributed by atoms with E-state index < -0.39 is 17.8 Å². The Morgan fingerprint density at radius 1 is 1.13 bits per heavy atom. The Kier molecular flexibility index (Phi) is 7.77. The molecule has 0 N–H and O–H groups in total. The van der Waals surface area contributed by atoms with Crippen LogP contribution in [0.3, 0.4) is 0 Å². The van der Waals surface area contributed by atoms with Gasteiger partial charge in [-0.1, -0.05) is 59.3 Å². The van der Waals surface area contributed by atoms with Gasteiger partial charge < -0.3 is 9.47 Å². The third kappa shape index (κ3) is 5.72. The van der Waals surface area contributed by atoms with Gasteiger partial charge in [-0.05, 0) is 73.0 Å².